The fourth-order valence-corrected chi connectivity index (χ4v) is 4.44. The maximum absolute atomic E-state index is 13.1. The number of rotatable bonds is 6. The predicted molar refractivity (Wildman–Crippen MR) is 122 cm³/mol. The summed E-state index contributed by atoms with van der Waals surface area (Å²) >= 11 is 0. The summed E-state index contributed by atoms with van der Waals surface area (Å²) in [6, 6.07) is 15.3. The Kier molecular flexibility index (Phi) is 6.07. The Labute approximate surface area is 183 Å². The van der Waals surface area contributed by atoms with E-state index in [-0.39, 0.29) is 24.1 Å². The van der Waals surface area contributed by atoms with E-state index in [0.29, 0.717) is 31.1 Å². The minimum absolute atomic E-state index is 0.0288. The summed E-state index contributed by atoms with van der Waals surface area (Å²) in [5, 5.41) is 2.98. The fourth-order valence-electron chi connectivity index (χ4n) is 4.44. The van der Waals surface area contributed by atoms with E-state index in [1.54, 1.807) is 9.80 Å². The molecule has 2 unspecified atom stereocenters. The number of carbonyl (C=O) groups excluding carboxylic acids is 3. The van der Waals surface area contributed by atoms with Crippen molar-refractivity contribution >= 4 is 34.8 Å². The van der Waals surface area contributed by atoms with Crippen molar-refractivity contribution < 1.29 is 14.4 Å². The van der Waals surface area contributed by atoms with Crippen molar-refractivity contribution in [2.45, 2.75) is 45.4 Å². The van der Waals surface area contributed by atoms with Crippen LogP contribution in [0.3, 0.4) is 0 Å². The fraction of sp³-hybridized carbons (Fsp3) is 0.400. The van der Waals surface area contributed by atoms with Gasteiger partial charge in [0, 0.05) is 31.6 Å². The summed E-state index contributed by atoms with van der Waals surface area (Å²) in [7, 11) is 0. The summed E-state index contributed by atoms with van der Waals surface area (Å²) in [5.74, 6) is -0.234. The van der Waals surface area contributed by atoms with Crippen LogP contribution in [0.5, 0.6) is 0 Å². The molecule has 2 fully saturated rings. The van der Waals surface area contributed by atoms with Crippen LogP contribution in [0.2, 0.25) is 0 Å². The molecule has 162 valence electrons. The third kappa shape index (κ3) is 4.20. The molecule has 2 aliphatic heterocycles. The highest BCUT2D eigenvalue weighted by atomic mass is 16.2. The van der Waals surface area contributed by atoms with Crippen LogP contribution in [0.25, 0.3) is 0 Å². The van der Waals surface area contributed by atoms with Crippen molar-refractivity contribution in [3.8, 4) is 0 Å². The normalized spacial score (nSPS) is 19.7. The smallest absolute Gasteiger partial charge is 0.229 e. The lowest BCUT2D eigenvalue weighted by molar-refractivity contribution is -0.122. The Bertz CT molecular complexity index is 1000. The van der Waals surface area contributed by atoms with Crippen LogP contribution in [0.15, 0.2) is 48.5 Å². The summed E-state index contributed by atoms with van der Waals surface area (Å²) < 4.78 is 0. The van der Waals surface area contributed by atoms with Crippen molar-refractivity contribution in [2.75, 3.05) is 28.2 Å². The number of hydrogen-bond acceptors (Lipinski definition) is 3. The van der Waals surface area contributed by atoms with Crippen LogP contribution in [-0.4, -0.2) is 30.8 Å². The lowest BCUT2D eigenvalue weighted by atomic mass is 9.96. The number of nitrogens with zero attached hydrogens (tertiary/aromatic N) is 2. The summed E-state index contributed by atoms with van der Waals surface area (Å²) in [5.41, 5.74) is 3.38. The third-order valence-electron chi connectivity index (χ3n) is 6.39. The van der Waals surface area contributed by atoms with Crippen molar-refractivity contribution in [3.63, 3.8) is 0 Å². The molecule has 2 aromatic rings. The van der Waals surface area contributed by atoms with E-state index < -0.39 is 5.92 Å². The zero-order chi connectivity index (χ0) is 22.0. The highest BCUT2D eigenvalue weighted by molar-refractivity contribution is 6.06. The molecule has 0 aliphatic carbocycles. The van der Waals surface area contributed by atoms with E-state index in [2.05, 4.69) is 25.2 Å². The number of benzene rings is 2. The molecule has 2 aromatic carbocycles. The van der Waals surface area contributed by atoms with Gasteiger partial charge in [-0.1, -0.05) is 44.2 Å². The molecule has 4 rings (SSSR count). The molecular weight excluding hydrogens is 390 g/mol. The van der Waals surface area contributed by atoms with Crippen LogP contribution in [0, 0.1) is 5.92 Å². The van der Waals surface area contributed by atoms with Crippen LogP contribution in [0.4, 0.5) is 17.1 Å². The first-order valence-electron chi connectivity index (χ1n) is 11.1. The van der Waals surface area contributed by atoms with Crippen LogP contribution in [-0.2, 0) is 14.4 Å². The monoisotopic (exact) mass is 419 g/mol. The molecule has 31 heavy (non-hydrogen) atoms. The van der Waals surface area contributed by atoms with Crippen molar-refractivity contribution in [1.82, 2.24) is 0 Å². The van der Waals surface area contributed by atoms with E-state index in [9.17, 15) is 14.4 Å². The zero-order valence-corrected chi connectivity index (χ0v) is 18.1. The SMILES string of the molecule is CCC(C)c1ccccc1N1CC(C(=O)Nc2ccccc2N2CCCC2=O)CC1=O. The van der Waals surface area contributed by atoms with Gasteiger partial charge >= 0.3 is 0 Å². The minimum atomic E-state index is -0.431. The number of amides is 3. The van der Waals surface area contributed by atoms with Gasteiger partial charge in [-0.05, 0) is 42.5 Å². The van der Waals surface area contributed by atoms with Gasteiger partial charge in [0.25, 0.3) is 0 Å². The Balaban J connectivity index is 1.51. The molecular formula is C25H29N3O3. The molecule has 0 saturated carbocycles. The Morgan fingerprint density at radius 2 is 1.74 bits per heavy atom. The van der Waals surface area contributed by atoms with Gasteiger partial charge in [-0.2, -0.15) is 0 Å². The highest BCUT2D eigenvalue weighted by Gasteiger charge is 2.36. The van der Waals surface area contributed by atoms with E-state index in [1.165, 1.54) is 0 Å². The maximum Gasteiger partial charge on any atom is 0.229 e. The lowest BCUT2D eigenvalue weighted by Gasteiger charge is -2.23. The molecule has 2 heterocycles. The quantitative estimate of drug-likeness (QED) is 0.758. The van der Waals surface area contributed by atoms with E-state index in [0.717, 1.165) is 29.8 Å². The molecule has 0 aromatic heterocycles. The molecule has 6 heteroatoms. The maximum atomic E-state index is 13.1. The molecule has 0 radical (unpaired) electrons. The van der Waals surface area contributed by atoms with Crippen molar-refractivity contribution in [2.24, 2.45) is 5.92 Å². The largest absolute Gasteiger partial charge is 0.324 e. The van der Waals surface area contributed by atoms with Gasteiger partial charge in [0.1, 0.15) is 0 Å². The molecule has 0 spiro atoms. The van der Waals surface area contributed by atoms with Gasteiger partial charge in [0.15, 0.2) is 0 Å². The topological polar surface area (TPSA) is 69.7 Å². The Hall–Kier alpha value is -3.15. The number of hydrogen-bond donors (Lipinski definition) is 1. The second kappa shape index (κ2) is 8.92. The van der Waals surface area contributed by atoms with Crippen LogP contribution >= 0.6 is 0 Å². The molecule has 2 aliphatic rings. The van der Waals surface area contributed by atoms with Gasteiger partial charge < -0.3 is 15.1 Å². The minimum Gasteiger partial charge on any atom is -0.324 e. The average Bonchev–Trinajstić information content (AvgIpc) is 3.39. The third-order valence-corrected chi connectivity index (χ3v) is 6.39. The Morgan fingerprint density at radius 1 is 1.03 bits per heavy atom. The van der Waals surface area contributed by atoms with Gasteiger partial charge in [0.2, 0.25) is 17.7 Å². The lowest BCUT2D eigenvalue weighted by Crippen LogP contribution is -2.30. The highest BCUT2D eigenvalue weighted by Crippen LogP contribution is 2.35. The number of carbonyl (C=O) groups is 3. The van der Waals surface area contributed by atoms with Gasteiger partial charge in [-0.25, -0.2) is 0 Å². The number of anilines is 3. The zero-order valence-electron chi connectivity index (χ0n) is 18.1. The van der Waals surface area contributed by atoms with Crippen LogP contribution < -0.4 is 15.1 Å². The van der Waals surface area contributed by atoms with Gasteiger partial charge in [0.05, 0.1) is 17.3 Å². The van der Waals surface area contributed by atoms with E-state index in [1.807, 2.05) is 42.5 Å². The molecule has 2 atom stereocenters. The summed E-state index contributed by atoms with van der Waals surface area (Å²) in [4.78, 5) is 41.5. The van der Waals surface area contributed by atoms with E-state index in [4.69, 9.17) is 0 Å². The summed E-state index contributed by atoms with van der Waals surface area (Å²) in [6.07, 6.45) is 2.52. The first kappa shape index (κ1) is 21.1. The second-order valence-electron chi connectivity index (χ2n) is 8.43. The first-order chi connectivity index (χ1) is 15.0. The molecule has 1 N–H and O–H groups in total. The molecule has 6 nitrogen and oxygen atoms in total. The number of para-hydroxylation sites is 3. The van der Waals surface area contributed by atoms with E-state index >= 15 is 0 Å². The van der Waals surface area contributed by atoms with Gasteiger partial charge in [-0.3, -0.25) is 14.4 Å². The molecule has 2 saturated heterocycles. The average molecular weight is 420 g/mol. The second-order valence-corrected chi connectivity index (χ2v) is 8.43. The summed E-state index contributed by atoms with van der Waals surface area (Å²) in [6.45, 7) is 5.31. The van der Waals surface area contributed by atoms with Crippen molar-refractivity contribution in [1.29, 1.82) is 0 Å². The standard InChI is InChI=1S/C25H29N3O3/c1-3-17(2)19-9-4-6-11-21(19)28-16-18(15-24(28)30)25(31)26-20-10-5-7-12-22(20)27-14-8-13-23(27)29/h4-7,9-12,17-18H,3,8,13-16H2,1-2H3,(H,26,31). The van der Waals surface area contributed by atoms with Crippen molar-refractivity contribution in [3.05, 3.63) is 54.1 Å². The first-order valence-corrected chi connectivity index (χ1v) is 11.1. The number of nitrogens with one attached hydrogen (secondary N) is 1. The Morgan fingerprint density at radius 3 is 2.45 bits per heavy atom. The predicted octanol–water partition coefficient (Wildman–Crippen LogP) is 4.32. The van der Waals surface area contributed by atoms with Gasteiger partial charge in [-0.15, -0.1) is 0 Å². The van der Waals surface area contributed by atoms with Crippen LogP contribution in [0.1, 0.15) is 51.0 Å². The molecule has 0 bridgehead atoms. The molecule has 3 amide bonds.